The Morgan fingerprint density at radius 1 is 0.822 bits per heavy atom. The van der Waals surface area contributed by atoms with Crippen LogP contribution in [0.5, 0.6) is 5.75 Å². The van der Waals surface area contributed by atoms with Gasteiger partial charge < -0.3 is 19.3 Å². The van der Waals surface area contributed by atoms with Crippen LogP contribution in [-0.4, -0.2) is 54.7 Å². The van der Waals surface area contributed by atoms with E-state index < -0.39 is 17.3 Å². The topological polar surface area (TPSA) is 59.1 Å². The number of Topliss-reactive ketones (excluding diaryl/α,β-unsaturated/α-hetero) is 1. The Hall–Kier alpha value is -3.75. The summed E-state index contributed by atoms with van der Waals surface area (Å²) < 4.78 is 50.5. The van der Waals surface area contributed by atoms with Gasteiger partial charge in [-0.1, -0.05) is 18.2 Å². The Morgan fingerprint density at radius 3 is 2.13 bits per heavy atom. The zero-order chi connectivity index (χ0) is 32.2. The van der Waals surface area contributed by atoms with Gasteiger partial charge >= 0.3 is 12.3 Å². The fraction of sp³-hybridized carbons (Fsp3) is 0.500. The fourth-order valence-electron chi connectivity index (χ4n) is 6.18. The molecule has 0 N–H and O–H groups in total. The second-order valence-corrected chi connectivity index (χ2v) is 13.3. The quantitative estimate of drug-likeness (QED) is 0.234. The van der Waals surface area contributed by atoms with E-state index in [4.69, 9.17) is 9.47 Å². The first-order chi connectivity index (χ1) is 21.3. The van der Waals surface area contributed by atoms with E-state index in [1.807, 2.05) is 57.2 Å². The number of benzene rings is 3. The lowest BCUT2D eigenvalue weighted by Crippen LogP contribution is -2.41. The predicted molar refractivity (Wildman–Crippen MR) is 170 cm³/mol. The van der Waals surface area contributed by atoms with Crippen molar-refractivity contribution in [1.82, 2.24) is 4.90 Å². The van der Waals surface area contributed by atoms with Crippen LogP contribution in [0, 0.1) is 5.92 Å². The van der Waals surface area contributed by atoms with E-state index in [0.29, 0.717) is 44.1 Å². The van der Waals surface area contributed by atoms with Crippen LogP contribution in [0.15, 0.2) is 60.7 Å². The molecule has 0 aromatic heterocycles. The summed E-state index contributed by atoms with van der Waals surface area (Å²) in [6, 6.07) is 17.1. The van der Waals surface area contributed by atoms with E-state index in [-0.39, 0.29) is 18.0 Å². The number of ether oxygens (including phenoxy) is 2. The van der Waals surface area contributed by atoms with Crippen molar-refractivity contribution in [2.45, 2.75) is 83.6 Å². The number of hydrogen-bond donors (Lipinski definition) is 0. The molecule has 45 heavy (non-hydrogen) atoms. The monoisotopic (exact) mass is 624 g/mol. The van der Waals surface area contributed by atoms with E-state index >= 15 is 0 Å². The highest BCUT2D eigenvalue weighted by Gasteiger charge is 2.31. The number of halogens is 3. The number of nitrogens with zero attached hydrogens (tertiary/aromatic N) is 2. The first-order valence-corrected chi connectivity index (χ1v) is 16.0. The van der Waals surface area contributed by atoms with E-state index in [2.05, 4.69) is 4.90 Å². The average Bonchev–Trinajstić information content (AvgIpc) is 3.00. The molecule has 3 aromatic rings. The molecule has 0 saturated carbocycles. The molecule has 6 nitrogen and oxygen atoms in total. The zero-order valence-electron chi connectivity index (χ0n) is 26.4. The molecule has 2 aliphatic heterocycles. The van der Waals surface area contributed by atoms with Crippen LogP contribution in [-0.2, 0) is 10.9 Å². The maximum Gasteiger partial charge on any atom is 0.416 e. The summed E-state index contributed by atoms with van der Waals surface area (Å²) in [4.78, 5) is 29.2. The van der Waals surface area contributed by atoms with Crippen LogP contribution in [0.3, 0.4) is 0 Å². The maximum absolute atomic E-state index is 13.1. The highest BCUT2D eigenvalue weighted by molar-refractivity contribution is 6.00. The lowest BCUT2D eigenvalue weighted by molar-refractivity contribution is -0.137. The number of carbonyl (C=O) groups excluding carboxylic acids is 2. The Balaban J connectivity index is 1.08. The molecule has 1 amide bonds. The minimum absolute atomic E-state index is 0.00830. The summed E-state index contributed by atoms with van der Waals surface area (Å²) in [6.45, 7) is 8.42. The minimum atomic E-state index is -4.34. The Morgan fingerprint density at radius 2 is 1.49 bits per heavy atom. The average molecular weight is 625 g/mol. The molecule has 0 bridgehead atoms. The van der Waals surface area contributed by atoms with Crippen LogP contribution >= 0.6 is 0 Å². The van der Waals surface area contributed by atoms with Crippen LogP contribution in [0.4, 0.5) is 23.7 Å². The second-order valence-electron chi connectivity index (χ2n) is 13.3. The van der Waals surface area contributed by atoms with Crippen molar-refractivity contribution in [3.8, 4) is 5.75 Å². The largest absolute Gasteiger partial charge is 0.490 e. The molecule has 3 aromatic carbocycles. The van der Waals surface area contributed by atoms with Gasteiger partial charge in [-0.25, -0.2) is 4.79 Å². The van der Waals surface area contributed by atoms with Crippen molar-refractivity contribution >= 4 is 28.3 Å². The van der Waals surface area contributed by atoms with Crippen molar-refractivity contribution < 1.29 is 32.2 Å². The summed E-state index contributed by atoms with van der Waals surface area (Å²) in [7, 11) is 0. The van der Waals surface area contributed by atoms with Crippen LogP contribution < -0.4 is 9.64 Å². The summed E-state index contributed by atoms with van der Waals surface area (Å²) in [5, 5.41) is 1.99. The molecule has 9 heteroatoms. The van der Waals surface area contributed by atoms with Crippen molar-refractivity contribution in [2.75, 3.05) is 31.1 Å². The standard InChI is InChI=1S/C36H43F3N2O4/c1-35(2,3)45-34(43)41-19-15-25(16-20-41)5-4-6-33(42)27-8-7-26-9-14-32(24-28(26)23-27)44-31-17-21-40(22-18-31)30-12-10-29(11-13-30)36(37,38)39/h7-14,23-25,31H,4-6,15-22H2,1-3H3. The van der Waals surface area contributed by atoms with Crippen LogP contribution in [0.1, 0.15) is 81.6 Å². The van der Waals surface area contributed by atoms with Gasteiger partial charge in [0.25, 0.3) is 0 Å². The molecule has 0 aliphatic carbocycles. The van der Waals surface area contributed by atoms with Gasteiger partial charge in [-0.15, -0.1) is 0 Å². The summed E-state index contributed by atoms with van der Waals surface area (Å²) in [5.74, 6) is 1.39. The molecule has 2 aliphatic rings. The van der Waals surface area contributed by atoms with E-state index in [1.165, 1.54) is 12.1 Å². The Kier molecular flexibility index (Phi) is 9.94. The number of likely N-dealkylation sites (tertiary alicyclic amines) is 1. The molecule has 242 valence electrons. The van der Waals surface area contributed by atoms with E-state index in [0.717, 1.165) is 72.9 Å². The SMILES string of the molecule is CC(C)(C)OC(=O)N1CCC(CCCC(=O)c2ccc3ccc(OC4CCN(c5ccc(C(F)(F)F)cc5)CC4)cc3c2)CC1. The third-order valence-corrected chi connectivity index (χ3v) is 8.72. The van der Waals surface area contributed by atoms with E-state index in [1.54, 1.807) is 4.90 Å². The molecule has 2 heterocycles. The maximum atomic E-state index is 13.1. The molecular formula is C36H43F3N2O4. The Bertz CT molecular complexity index is 1470. The predicted octanol–water partition coefficient (Wildman–Crippen LogP) is 8.91. The van der Waals surface area contributed by atoms with Crippen molar-refractivity contribution in [2.24, 2.45) is 5.92 Å². The molecule has 2 saturated heterocycles. The lowest BCUT2D eigenvalue weighted by atomic mass is 9.90. The third kappa shape index (κ3) is 8.92. The number of hydrogen-bond acceptors (Lipinski definition) is 5. The number of alkyl halides is 3. The number of piperidine rings is 2. The first-order valence-electron chi connectivity index (χ1n) is 16.0. The number of amides is 1. The van der Waals surface area contributed by atoms with E-state index in [9.17, 15) is 22.8 Å². The molecular weight excluding hydrogens is 581 g/mol. The second kappa shape index (κ2) is 13.7. The molecule has 0 unspecified atom stereocenters. The van der Waals surface area contributed by atoms with Gasteiger partial charge in [0.15, 0.2) is 5.78 Å². The highest BCUT2D eigenvalue weighted by Crippen LogP contribution is 2.32. The zero-order valence-corrected chi connectivity index (χ0v) is 26.4. The fourth-order valence-corrected chi connectivity index (χ4v) is 6.18. The molecule has 0 atom stereocenters. The van der Waals surface area contributed by atoms with Gasteiger partial charge in [-0.3, -0.25) is 4.79 Å². The van der Waals surface area contributed by atoms with Crippen LogP contribution in [0.2, 0.25) is 0 Å². The van der Waals surface area contributed by atoms with Crippen molar-refractivity contribution in [3.63, 3.8) is 0 Å². The smallest absolute Gasteiger partial charge is 0.416 e. The first kappa shape index (κ1) is 32.6. The molecule has 2 fully saturated rings. The number of anilines is 1. The molecule has 5 rings (SSSR count). The number of ketones is 1. The molecule has 0 spiro atoms. The van der Waals surface area contributed by atoms with Gasteiger partial charge in [-0.2, -0.15) is 13.2 Å². The summed E-state index contributed by atoms with van der Waals surface area (Å²) in [5.41, 5.74) is 0.351. The van der Waals surface area contributed by atoms with Crippen molar-refractivity contribution in [1.29, 1.82) is 0 Å². The minimum Gasteiger partial charge on any atom is -0.490 e. The van der Waals surface area contributed by atoms with Gasteiger partial charge in [0.2, 0.25) is 0 Å². The van der Waals surface area contributed by atoms with Gasteiger partial charge in [0, 0.05) is 56.7 Å². The summed E-state index contributed by atoms with van der Waals surface area (Å²) in [6.07, 6.45) is 1.09. The third-order valence-electron chi connectivity index (χ3n) is 8.72. The normalized spacial score (nSPS) is 17.0. The lowest BCUT2D eigenvalue weighted by Gasteiger charge is -2.34. The van der Waals surface area contributed by atoms with Gasteiger partial charge in [0.05, 0.1) is 5.56 Å². The molecule has 0 radical (unpaired) electrons. The number of fused-ring (bicyclic) bond motifs is 1. The number of rotatable bonds is 8. The number of carbonyl (C=O) groups is 2. The van der Waals surface area contributed by atoms with Crippen molar-refractivity contribution in [3.05, 3.63) is 71.8 Å². The Labute approximate surface area is 263 Å². The summed E-state index contributed by atoms with van der Waals surface area (Å²) >= 11 is 0. The highest BCUT2D eigenvalue weighted by atomic mass is 19.4. The van der Waals surface area contributed by atoms with Crippen LogP contribution in [0.25, 0.3) is 10.8 Å². The van der Waals surface area contributed by atoms with Gasteiger partial charge in [0.1, 0.15) is 17.5 Å². The van der Waals surface area contributed by atoms with Gasteiger partial charge in [-0.05, 0) is 106 Å².